The Balaban J connectivity index is 1.35. The number of halogens is 28. The minimum Gasteiger partial charge on any atom is -0.299 e. The van der Waals surface area contributed by atoms with Crippen LogP contribution in [0.15, 0.2) is 36.4 Å². The molecule has 0 heterocycles. The van der Waals surface area contributed by atoms with Crippen molar-refractivity contribution in [1.82, 2.24) is 0 Å². The van der Waals surface area contributed by atoms with Gasteiger partial charge in [0, 0.05) is 11.4 Å². The van der Waals surface area contributed by atoms with E-state index in [-0.39, 0.29) is 0 Å². The summed E-state index contributed by atoms with van der Waals surface area (Å²) < 4.78 is 422. The predicted octanol–water partition coefficient (Wildman–Crippen LogP) is 18.1. The van der Waals surface area contributed by atoms with E-state index in [2.05, 4.69) is 0 Å². The number of benzene rings is 8. The maximum absolute atomic E-state index is 16.2. The van der Waals surface area contributed by atoms with Crippen LogP contribution in [0.3, 0.4) is 0 Å². The minimum atomic E-state index is -3.14. The van der Waals surface area contributed by atoms with Gasteiger partial charge in [0.25, 0.3) is 0 Å². The first-order chi connectivity index (χ1) is 37.3. The highest BCUT2D eigenvalue weighted by Crippen LogP contribution is 2.51. The maximum atomic E-state index is 16.2. The van der Waals surface area contributed by atoms with Gasteiger partial charge in [-0.05, 0) is 60.4 Å². The van der Waals surface area contributed by atoms with E-state index in [0.29, 0.717) is 36.4 Å². The fraction of sp³-hybridized carbons (Fsp3) is 0.0400. The Kier molecular flexibility index (Phi) is 14.6. The van der Waals surface area contributed by atoms with Gasteiger partial charge in [-0.2, -0.15) is 0 Å². The zero-order chi connectivity index (χ0) is 59.6. The van der Waals surface area contributed by atoms with E-state index in [9.17, 15) is 70.2 Å². The van der Waals surface area contributed by atoms with Crippen molar-refractivity contribution in [3.63, 3.8) is 0 Å². The molecule has 0 saturated heterocycles. The van der Waals surface area contributed by atoms with Crippen LogP contribution in [0.5, 0.6) is 0 Å². The van der Waals surface area contributed by atoms with E-state index in [0.717, 1.165) is 13.8 Å². The molecule has 0 aliphatic carbocycles. The van der Waals surface area contributed by atoms with Crippen molar-refractivity contribution in [2.45, 2.75) is 13.8 Å². The minimum absolute atomic E-state index is 0.377. The van der Waals surface area contributed by atoms with E-state index in [1.807, 2.05) is 0 Å². The van der Waals surface area contributed by atoms with E-state index < -0.39 is 251 Å². The molecule has 0 unspecified atom stereocenters. The Bertz CT molecular complexity index is 3610. The molecular weight excluding hydrogens is 1160 g/mol. The van der Waals surface area contributed by atoms with Gasteiger partial charge in [0.15, 0.2) is 140 Å². The van der Waals surface area contributed by atoms with E-state index in [4.69, 9.17) is 0 Å². The molecule has 0 fully saturated rings. The normalized spacial score (nSPS) is 11.6. The Morgan fingerprint density at radius 2 is 0.350 bits per heavy atom. The zero-order valence-corrected chi connectivity index (χ0v) is 37.9. The standard InChI is InChI=1S/C50H12F28N2/c1-9-7-11(3-5-13(9)79(49-43(75)35(67)33(65)36(68)44(49)76)47-39(71)23(55)17(24(56)40(47)72)15-19(51)27(59)31(63)28(60)20(15)52)12-4-6-14(10(2)8-12)80(50-45(77)37(69)34(66)38(70)46(50)78)48-41(73)25(57)18(26(58)42(48)74)16-21(53)29(61)32(64)30(62)22(16)54/h3-8H,1-2H3. The monoisotopic (exact) mass is 1170 g/mol. The van der Waals surface area contributed by atoms with Crippen LogP contribution in [-0.2, 0) is 0 Å². The van der Waals surface area contributed by atoms with Crippen LogP contribution in [0.2, 0.25) is 0 Å². The predicted molar refractivity (Wildman–Crippen MR) is 220 cm³/mol. The SMILES string of the molecule is Cc1cc(-c2ccc(N(c3c(F)c(F)c(F)c(F)c3F)c3c(F)c(F)c(-c4c(F)c(F)c(F)c(F)c4F)c(F)c3F)c(C)c2)ccc1N(c1c(F)c(F)c(F)c(F)c1F)c1c(F)c(F)c(-c2c(F)c(F)c(F)c(F)c2F)c(F)c1F. The van der Waals surface area contributed by atoms with Gasteiger partial charge in [-0.3, -0.25) is 9.80 Å². The van der Waals surface area contributed by atoms with Crippen LogP contribution >= 0.6 is 0 Å². The summed E-state index contributed by atoms with van der Waals surface area (Å²) in [6, 6.07) is 3.29. The Morgan fingerprint density at radius 3 is 0.537 bits per heavy atom. The average molecular weight is 1170 g/mol. The largest absolute Gasteiger partial charge is 0.299 e. The molecule has 80 heavy (non-hydrogen) atoms. The van der Waals surface area contributed by atoms with Crippen molar-refractivity contribution in [3.8, 4) is 33.4 Å². The third-order valence-electron chi connectivity index (χ3n) is 11.9. The Labute approximate surface area is 424 Å². The Morgan fingerprint density at radius 1 is 0.200 bits per heavy atom. The summed E-state index contributed by atoms with van der Waals surface area (Å²) in [5.74, 6) is -84.9. The second kappa shape index (κ2) is 20.2. The maximum Gasteiger partial charge on any atom is 0.200 e. The quantitative estimate of drug-likeness (QED) is 0.0807. The van der Waals surface area contributed by atoms with Crippen molar-refractivity contribution < 1.29 is 123 Å². The molecule has 0 amide bonds. The summed E-state index contributed by atoms with van der Waals surface area (Å²) >= 11 is 0. The number of hydrogen-bond donors (Lipinski definition) is 0. The summed E-state index contributed by atoms with van der Waals surface area (Å²) in [4.78, 5) is -1.52. The number of hydrogen-bond acceptors (Lipinski definition) is 2. The van der Waals surface area contributed by atoms with E-state index in [1.165, 1.54) is 0 Å². The highest BCUT2D eigenvalue weighted by Gasteiger charge is 2.42. The first-order valence-corrected chi connectivity index (χ1v) is 20.9. The van der Waals surface area contributed by atoms with Gasteiger partial charge in [0.2, 0.25) is 23.3 Å². The molecule has 8 aromatic rings. The lowest BCUT2D eigenvalue weighted by molar-refractivity contribution is 0.378. The molecule has 2 nitrogen and oxygen atoms in total. The summed E-state index contributed by atoms with van der Waals surface area (Å²) in [6.45, 7) is 1.45. The molecule has 0 radical (unpaired) electrons. The molecule has 0 saturated carbocycles. The van der Waals surface area contributed by atoms with Crippen LogP contribution < -0.4 is 9.80 Å². The molecule has 0 spiro atoms. The van der Waals surface area contributed by atoms with Crippen LogP contribution in [0, 0.1) is 177 Å². The molecule has 418 valence electrons. The number of nitrogens with zero attached hydrogens (tertiary/aromatic N) is 2. The van der Waals surface area contributed by atoms with Gasteiger partial charge in [0.1, 0.15) is 22.7 Å². The first kappa shape index (κ1) is 57.6. The van der Waals surface area contributed by atoms with Gasteiger partial charge >= 0.3 is 0 Å². The van der Waals surface area contributed by atoms with Crippen LogP contribution in [0.1, 0.15) is 11.1 Å². The van der Waals surface area contributed by atoms with E-state index in [1.54, 1.807) is 0 Å². The highest BCUT2D eigenvalue weighted by atomic mass is 19.2. The van der Waals surface area contributed by atoms with Gasteiger partial charge < -0.3 is 0 Å². The number of anilines is 6. The van der Waals surface area contributed by atoms with Crippen molar-refractivity contribution in [3.05, 3.63) is 210 Å². The lowest BCUT2D eigenvalue weighted by Crippen LogP contribution is -2.22. The lowest BCUT2D eigenvalue weighted by atomic mass is 9.97. The second-order valence-corrected chi connectivity index (χ2v) is 16.4. The van der Waals surface area contributed by atoms with Gasteiger partial charge in [-0.25, -0.2) is 123 Å². The van der Waals surface area contributed by atoms with Crippen LogP contribution in [0.25, 0.3) is 33.4 Å². The molecule has 0 bridgehead atoms. The number of aryl methyl sites for hydroxylation is 2. The first-order valence-electron chi connectivity index (χ1n) is 20.9. The Hall–Kier alpha value is -8.60. The van der Waals surface area contributed by atoms with Crippen LogP contribution in [-0.4, -0.2) is 0 Å². The second-order valence-electron chi connectivity index (χ2n) is 16.4. The smallest absolute Gasteiger partial charge is 0.200 e. The van der Waals surface area contributed by atoms with Gasteiger partial charge in [0.05, 0.1) is 22.3 Å². The topological polar surface area (TPSA) is 6.48 Å². The summed E-state index contributed by atoms with van der Waals surface area (Å²) in [6.07, 6.45) is 0. The van der Waals surface area contributed by atoms with Crippen molar-refractivity contribution >= 4 is 34.1 Å². The molecule has 8 rings (SSSR count). The average Bonchev–Trinajstić information content (AvgIpc) is 3.60. The number of rotatable bonds is 9. The molecule has 0 aromatic heterocycles. The third kappa shape index (κ3) is 8.33. The van der Waals surface area contributed by atoms with Crippen molar-refractivity contribution in [1.29, 1.82) is 0 Å². The summed E-state index contributed by atoms with van der Waals surface area (Å²) in [5, 5.41) is 0. The molecule has 8 aromatic carbocycles. The fourth-order valence-electron chi connectivity index (χ4n) is 8.18. The molecule has 0 N–H and O–H groups in total. The molecule has 30 heteroatoms. The van der Waals surface area contributed by atoms with Crippen molar-refractivity contribution in [2.24, 2.45) is 0 Å². The summed E-state index contributed by atoms with van der Waals surface area (Å²) in [5.41, 5.74) is -26.0. The van der Waals surface area contributed by atoms with Gasteiger partial charge in [-0.1, -0.05) is 12.1 Å². The zero-order valence-electron chi connectivity index (χ0n) is 37.9. The fourth-order valence-corrected chi connectivity index (χ4v) is 8.18. The third-order valence-corrected chi connectivity index (χ3v) is 11.9. The van der Waals surface area contributed by atoms with Crippen LogP contribution in [0.4, 0.5) is 157 Å². The van der Waals surface area contributed by atoms with E-state index >= 15 is 52.7 Å². The molecular formula is C50H12F28N2. The van der Waals surface area contributed by atoms with Crippen molar-refractivity contribution in [2.75, 3.05) is 9.80 Å². The summed E-state index contributed by atoms with van der Waals surface area (Å²) in [7, 11) is 0. The lowest BCUT2D eigenvalue weighted by Gasteiger charge is -2.30. The molecule has 0 aliphatic heterocycles. The molecule has 0 aliphatic rings. The highest BCUT2D eigenvalue weighted by molar-refractivity contribution is 5.86. The van der Waals surface area contributed by atoms with Gasteiger partial charge in [-0.15, -0.1) is 0 Å². The molecule has 0 atom stereocenters.